The van der Waals surface area contributed by atoms with Crippen LogP contribution in [0.1, 0.15) is 10.5 Å². The summed E-state index contributed by atoms with van der Waals surface area (Å²) in [5.41, 5.74) is 1.50. The number of carbonyl (C=O) groups excluding carboxylic acids is 1. The van der Waals surface area contributed by atoms with Crippen molar-refractivity contribution in [2.24, 2.45) is 0 Å². The fourth-order valence-corrected chi connectivity index (χ4v) is 1.32. The van der Waals surface area contributed by atoms with Crippen LogP contribution >= 0.6 is 0 Å². The number of carbonyl (C=O) groups is 1. The molecule has 0 fully saturated rings. The van der Waals surface area contributed by atoms with Crippen molar-refractivity contribution in [2.75, 3.05) is 0 Å². The summed E-state index contributed by atoms with van der Waals surface area (Å²) in [6.07, 6.45) is 3.75. The van der Waals surface area contributed by atoms with Crippen molar-refractivity contribution in [3.8, 4) is 11.1 Å². The number of aromatic nitrogens is 2. The molecule has 2 heterocycles. The molecule has 0 unspecified atom stereocenters. The molecule has 0 atom stereocenters. The number of nitrogens with zero attached hydrogens (tertiary/aromatic N) is 2. The Bertz CT molecular complexity index is 485. The van der Waals surface area contributed by atoms with Crippen molar-refractivity contribution in [2.45, 2.75) is 0 Å². The lowest BCUT2D eigenvalue weighted by Gasteiger charge is -2.03. The lowest BCUT2D eigenvalue weighted by molar-refractivity contribution is 0.111. The highest BCUT2D eigenvalue weighted by Crippen LogP contribution is 2.20. The Morgan fingerprint density at radius 3 is 2.53 bits per heavy atom. The molecule has 74 valence electrons. The largest absolute Gasteiger partial charge is 0.296 e. The summed E-state index contributed by atoms with van der Waals surface area (Å²) in [7, 11) is 0. The van der Waals surface area contributed by atoms with E-state index in [1.54, 1.807) is 24.5 Å². The van der Waals surface area contributed by atoms with Gasteiger partial charge in [-0.25, -0.2) is 4.98 Å². The summed E-state index contributed by atoms with van der Waals surface area (Å²) in [5, 5.41) is 0. The van der Waals surface area contributed by atoms with Gasteiger partial charge in [0.2, 0.25) is 5.95 Å². The van der Waals surface area contributed by atoms with Gasteiger partial charge in [-0.1, -0.05) is 0 Å². The third-order valence-corrected chi connectivity index (χ3v) is 1.99. The highest BCUT2D eigenvalue weighted by Gasteiger charge is 2.06. The van der Waals surface area contributed by atoms with Gasteiger partial charge in [-0.05, 0) is 29.8 Å². The Balaban J connectivity index is 2.58. The van der Waals surface area contributed by atoms with Crippen LogP contribution in [0.5, 0.6) is 0 Å². The molecule has 0 radical (unpaired) electrons. The lowest BCUT2D eigenvalue weighted by atomic mass is 10.1. The van der Waals surface area contributed by atoms with Crippen molar-refractivity contribution in [1.29, 1.82) is 0 Å². The van der Waals surface area contributed by atoms with E-state index in [0.717, 1.165) is 5.56 Å². The minimum Gasteiger partial charge on any atom is -0.296 e. The van der Waals surface area contributed by atoms with Gasteiger partial charge in [-0.2, -0.15) is 4.39 Å². The van der Waals surface area contributed by atoms with E-state index < -0.39 is 5.95 Å². The smallest absolute Gasteiger partial charge is 0.213 e. The molecule has 3 nitrogen and oxygen atoms in total. The first-order valence-electron chi connectivity index (χ1n) is 4.33. The predicted octanol–water partition coefficient (Wildman–Crippen LogP) is 2.10. The zero-order chi connectivity index (χ0) is 10.7. The van der Waals surface area contributed by atoms with Crippen molar-refractivity contribution in [1.82, 2.24) is 9.97 Å². The second-order valence-corrected chi connectivity index (χ2v) is 2.92. The summed E-state index contributed by atoms with van der Waals surface area (Å²) < 4.78 is 12.8. The Kier molecular flexibility index (Phi) is 2.49. The van der Waals surface area contributed by atoms with Crippen molar-refractivity contribution in [3.05, 3.63) is 48.3 Å². The molecule has 0 aromatic carbocycles. The molecule has 0 bridgehead atoms. The summed E-state index contributed by atoms with van der Waals surface area (Å²) in [6.45, 7) is 0. The number of hydrogen-bond donors (Lipinski definition) is 0. The van der Waals surface area contributed by atoms with E-state index in [1.807, 2.05) is 0 Å². The summed E-state index contributed by atoms with van der Waals surface area (Å²) in [6, 6.07) is 6.23. The summed E-state index contributed by atoms with van der Waals surface area (Å²) >= 11 is 0. The van der Waals surface area contributed by atoms with E-state index in [0.29, 0.717) is 11.8 Å². The van der Waals surface area contributed by atoms with Gasteiger partial charge >= 0.3 is 0 Å². The topological polar surface area (TPSA) is 42.9 Å². The average Bonchev–Trinajstić information content (AvgIpc) is 2.30. The summed E-state index contributed by atoms with van der Waals surface area (Å²) in [4.78, 5) is 18.1. The van der Waals surface area contributed by atoms with Crippen LogP contribution in [-0.4, -0.2) is 16.3 Å². The van der Waals surface area contributed by atoms with Gasteiger partial charge in [0.05, 0.1) is 0 Å². The van der Waals surface area contributed by atoms with E-state index in [-0.39, 0.29) is 5.69 Å². The molecule has 0 spiro atoms. The van der Waals surface area contributed by atoms with E-state index in [2.05, 4.69) is 9.97 Å². The van der Waals surface area contributed by atoms with Gasteiger partial charge in [-0.3, -0.25) is 9.78 Å². The normalized spacial score (nSPS) is 9.93. The lowest BCUT2D eigenvalue weighted by Crippen LogP contribution is -1.94. The first kappa shape index (κ1) is 9.45. The first-order chi connectivity index (χ1) is 7.31. The minimum atomic E-state index is -0.657. The van der Waals surface area contributed by atoms with Crippen LogP contribution in [0.15, 0.2) is 36.7 Å². The van der Waals surface area contributed by atoms with E-state index in [9.17, 15) is 9.18 Å². The Labute approximate surface area is 85.6 Å². The van der Waals surface area contributed by atoms with Crippen LogP contribution in [0.25, 0.3) is 11.1 Å². The maximum atomic E-state index is 12.8. The molecule has 15 heavy (non-hydrogen) atoms. The number of halogens is 1. The van der Waals surface area contributed by atoms with Crippen LogP contribution in [0.4, 0.5) is 4.39 Å². The van der Waals surface area contributed by atoms with E-state index in [1.165, 1.54) is 12.1 Å². The Hall–Kier alpha value is -2.10. The van der Waals surface area contributed by atoms with Crippen LogP contribution in [0, 0.1) is 5.95 Å². The fourth-order valence-electron chi connectivity index (χ4n) is 1.32. The molecular weight excluding hydrogens is 195 g/mol. The molecular formula is C11H7FN2O. The fraction of sp³-hybridized carbons (Fsp3) is 0. The molecule has 0 amide bonds. The number of pyridine rings is 2. The second-order valence-electron chi connectivity index (χ2n) is 2.92. The van der Waals surface area contributed by atoms with Crippen LogP contribution < -0.4 is 0 Å². The molecule has 2 aromatic rings. The highest BCUT2D eigenvalue weighted by molar-refractivity contribution is 5.84. The van der Waals surface area contributed by atoms with Gasteiger partial charge in [0.15, 0.2) is 6.29 Å². The third-order valence-electron chi connectivity index (χ3n) is 1.99. The van der Waals surface area contributed by atoms with Crippen molar-refractivity contribution < 1.29 is 9.18 Å². The zero-order valence-corrected chi connectivity index (χ0v) is 7.72. The van der Waals surface area contributed by atoms with Crippen molar-refractivity contribution >= 4 is 6.29 Å². The van der Waals surface area contributed by atoms with Gasteiger partial charge in [0, 0.05) is 18.0 Å². The molecule has 0 saturated carbocycles. The standard InChI is InChI=1S/C11H7FN2O/c12-11-2-1-9(10(7-15)14-11)8-3-5-13-6-4-8/h1-7H. The molecule has 0 aliphatic rings. The molecule has 0 aliphatic heterocycles. The van der Waals surface area contributed by atoms with E-state index in [4.69, 9.17) is 0 Å². The van der Waals surface area contributed by atoms with Crippen LogP contribution in [0.3, 0.4) is 0 Å². The molecule has 2 aromatic heterocycles. The maximum Gasteiger partial charge on any atom is 0.213 e. The number of aldehydes is 1. The van der Waals surface area contributed by atoms with Crippen LogP contribution in [-0.2, 0) is 0 Å². The van der Waals surface area contributed by atoms with Gasteiger partial charge in [-0.15, -0.1) is 0 Å². The zero-order valence-electron chi connectivity index (χ0n) is 7.72. The SMILES string of the molecule is O=Cc1nc(F)ccc1-c1ccncc1. The average molecular weight is 202 g/mol. The van der Waals surface area contributed by atoms with Gasteiger partial charge in [0.1, 0.15) is 5.69 Å². The van der Waals surface area contributed by atoms with E-state index >= 15 is 0 Å². The molecule has 2 rings (SSSR count). The predicted molar refractivity (Wildman–Crippen MR) is 52.8 cm³/mol. The first-order valence-corrected chi connectivity index (χ1v) is 4.33. The van der Waals surface area contributed by atoms with Crippen molar-refractivity contribution in [3.63, 3.8) is 0 Å². The minimum absolute atomic E-state index is 0.0983. The molecule has 0 aliphatic carbocycles. The van der Waals surface area contributed by atoms with Crippen LogP contribution in [0.2, 0.25) is 0 Å². The number of hydrogen-bond acceptors (Lipinski definition) is 3. The highest BCUT2D eigenvalue weighted by atomic mass is 19.1. The maximum absolute atomic E-state index is 12.8. The summed E-state index contributed by atoms with van der Waals surface area (Å²) in [5.74, 6) is -0.657. The monoisotopic (exact) mass is 202 g/mol. The quantitative estimate of drug-likeness (QED) is 0.553. The Morgan fingerprint density at radius 1 is 1.13 bits per heavy atom. The van der Waals surface area contributed by atoms with Gasteiger partial charge in [0.25, 0.3) is 0 Å². The molecule has 4 heteroatoms. The third kappa shape index (κ3) is 1.88. The number of rotatable bonds is 2. The second kappa shape index (κ2) is 3.96. The molecule has 0 saturated heterocycles. The molecule has 0 N–H and O–H groups in total. The Morgan fingerprint density at radius 2 is 1.87 bits per heavy atom. The van der Waals surface area contributed by atoms with Gasteiger partial charge < -0.3 is 0 Å².